The van der Waals surface area contributed by atoms with Crippen molar-refractivity contribution in [1.29, 1.82) is 0 Å². The molecule has 0 aliphatic heterocycles. The van der Waals surface area contributed by atoms with Gasteiger partial charge in [0.25, 0.3) is 0 Å². The lowest BCUT2D eigenvalue weighted by Crippen LogP contribution is -2.27. The number of hydrogen-bond acceptors (Lipinski definition) is 8. The van der Waals surface area contributed by atoms with Crippen molar-refractivity contribution in [2.45, 2.75) is 89.9 Å². The summed E-state index contributed by atoms with van der Waals surface area (Å²) in [6, 6.07) is 0. The zero-order valence-electron chi connectivity index (χ0n) is 23.1. The highest BCUT2D eigenvalue weighted by Gasteiger charge is 2.05. The maximum atomic E-state index is 11.7. The van der Waals surface area contributed by atoms with Crippen LogP contribution in [0, 0.1) is 0 Å². The molecule has 0 amide bonds. The van der Waals surface area contributed by atoms with E-state index in [1.807, 2.05) is 23.9 Å². The molecule has 2 N–H and O–H groups in total. The van der Waals surface area contributed by atoms with Gasteiger partial charge < -0.3 is 29.5 Å². The standard InChI is InChI=1S/C28H54N2O6/c1-29(19-23-31)21-25-35-27(33)17-15-13-11-9-7-5-3-4-6-8-10-12-14-16-18-28(34)36-26-22-30(2)20-24-32/h3-4,31-32H,5-26H2,1-2H3/b4-3+. The van der Waals surface area contributed by atoms with Crippen LogP contribution in [0.3, 0.4) is 0 Å². The van der Waals surface area contributed by atoms with E-state index in [1.165, 1.54) is 25.7 Å². The van der Waals surface area contributed by atoms with Crippen LogP contribution < -0.4 is 0 Å². The molecule has 0 fully saturated rings. The van der Waals surface area contributed by atoms with Gasteiger partial charge in [-0.3, -0.25) is 9.59 Å². The monoisotopic (exact) mass is 514 g/mol. The summed E-state index contributed by atoms with van der Waals surface area (Å²) >= 11 is 0. The van der Waals surface area contributed by atoms with Gasteiger partial charge in [0.1, 0.15) is 13.2 Å². The number of carbonyl (C=O) groups is 2. The highest BCUT2D eigenvalue weighted by molar-refractivity contribution is 5.69. The minimum atomic E-state index is -0.118. The van der Waals surface area contributed by atoms with Gasteiger partial charge in [0.2, 0.25) is 0 Å². The van der Waals surface area contributed by atoms with Crippen LogP contribution in [-0.4, -0.2) is 98.7 Å². The fourth-order valence-corrected chi connectivity index (χ4v) is 3.70. The number of allylic oxidation sites excluding steroid dienone is 2. The van der Waals surface area contributed by atoms with Gasteiger partial charge in [0.15, 0.2) is 0 Å². The lowest BCUT2D eigenvalue weighted by molar-refractivity contribution is -0.145. The summed E-state index contributed by atoms with van der Waals surface area (Å²) in [4.78, 5) is 27.3. The molecule has 0 aromatic rings. The molecule has 0 atom stereocenters. The summed E-state index contributed by atoms with van der Waals surface area (Å²) in [5.74, 6) is -0.236. The van der Waals surface area contributed by atoms with Crippen LogP contribution in [-0.2, 0) is 19.1 Å². The average molecular weight is 515 g/mol. The maximum Gasteiger partial charge on any atom is 0.305 e. The second-order valence-corrected chi connectivity index (χ2v) is 9.58. The molecule has 0 saturated heterocycles. The molecule has 0 unspecified atom stereocenters. The molecule has 0 aromatic carbocycles. The Labute approximate surface area is 220 Å². The largest absolute Gasteiger partial charge is 0.464 e. The molecule has 36 heavy (non-hydrogen) atoms. The number of rotatable bonds is 26. The summed E-state index contributed by atoms with van der Waals surface area (Å²) < 4.78 is 10.4. The molecule has 8 heteroatoms. The number of unbranched alkanes of at least 4 members (excludes halogenated alkanes) is 10. The molecule has 0 aromatic heterocycles. The highest BCUT2D eigenvalue weighted by atomic mass is 16.5. The first-order chi connectivity index (χ1) is 17.5. The Morgan fingerprint density at radius 2 is 0.944 bits per heavy atom. The summed E-state index contributed by atoms with van der Waals surface area (Å²) in [5.41, 5.74) is 0. The second kappa shape index (κ2) is 26.6. The molecule has 0 radical (unpaired) electrons. The Kier molecular flexibility index (Phi) is 25.5. The number of aliphatic hydroxyl groups is 2. The molecular formula is C28H54N2O6. The SMILES string of the molecule is CN(CCO)CCOC(=O)CCCCCCC/C=C/CCCCCCCC(=O)OCCN(C)CCO. The van der Waals surface area contributed by atoms with E-state index in [-0.39, 0.29) is 25.2 Å². The van der Waals surface area contributed by atoms with Gasteiger partial charge in [-0.1, -0.05) is 50.7 Å². The van der Waals surface area contributed by atoms with Crippen molar-refractivity contribution in [3.05, 3.63) is 12.2 Å². The predicted molar refractivity (Wildman–Crippen MR) is 145 cm³/mol. The normalized spacial score (nSPS) is 11.6. The predicted octanol–water partition coefficient (Wildman–Crippen LogP) is 3.94. The van der Waals surface area contributed by atoms with E-state index in [0.717, 1.165) is 51.4 Å². The van der Waals surface area contributed by atoms with E-state index in [2.05, 4.69) is 12.2 Å². The topological polar surface area (TPSA) is 99.5 Å². The number of carbonyl (C=O) groups excluding carboxylic acids is 2. The van der Waals surface area contributed by atoms with Crippen molar-refractivity contribution in [2.75, 3.05) is 66.7 Å². The highest BCUT2D eigenvalue weighted by Crippen LogP contribution is 2.10. The van der Waals surface area contributed by atoms with E-state index in [0.29, 0.717) is 52.2 Å². The van der Waals surface area contributed by atoms with Gasteiger partial charge in [-0.15, -0.1) is 0 Å². The van der Waals surface area contributed by atoms with Gasteiger partial charge in [0, 0.05) is 39.0 Å². The zero-order chi connectivity index (χ0) is 26.7. The fourth-order valence-electron chi connectivity index (χ4n) is 3.70. The summed E-state index contributed by atoms with van der Waals surface area (Å²) in [5, 5.41) is 17.7. The third-order valence-electron chi connectivity index (χ3n) is 6.11. The van der Waals surface area contributed by atoms with Crippen molar-refractivity contribution < 1.29 is 29.3 Å². The number of nitrogens with zero attached hydrogens (tertiary/aromatic N) is 2. The lowest BCUT2D eigenvalue weighted by atomic mass is 10.1. The Hall–Kier alpha value is -1.48. The van der Waals surface area contributed by atoms with Crippen LogP contribution in [0.4, 0.5) is 0 Å². The minimum absolute atomic E-state index is 0.118. The van der Waals surface area contributed by atoms with Crippen LogP contribution in [0.2, 0.25) is 0 Å². The summed E-state index contributed by atoms with van der Waals surface area (Å²) in [6.07, 6.45) is 18.9. The summed E-state index contributed by atoms with van der Waals surface area (Å²) in [7, 11) is 3.80. The van der Waals surface area contributed by atoms with Gasteiger partial charge >= 0.3 is 11.9 Å². The first-order valence-electron chi connectivity index (χ1n) is 14.0. The molecule has 0 rings (SSSR count). The number of ether oxygens (including phenoxy) is 2. The van der Waals surface area contributed by atoms with Crippen molar-refractivity contribution in [1.82, 2.24) is 9.80 Å². The van der Waals surface area contributed by atoms with Crippen molar-refractivity contribution in [3.8, 4) is 0 Å². The van der Waals surface area contributed by atoms with Crippen LogP contribution in [0.15, 0.2) is 12.2 Å². The number of esters is 2. The summed E-state index contributed by atoms with van der Waals surface area (Å²) in [6.45, 7) is 3.54. The van der Waals surface area contributed by atoms with Gasteiger partial charge in [0.05, 0.1) is 13.2 Å². The zero-order valence-corrected chi connectivity index (χ0v) is 23.1. The molecule has 8 nitrogen and oxygen atoms in total. The molecule has 0 saturated carbocycles. The van der Waals surface area contributed by atoms with Crippen LogP contribution in [0.25, 0.3) is 0 Å². The molecular weight excluding hydrogens is 460 g/mol. The van der Waals surface area contributed by atoms with Crippen molar-refractivity contribution >= 4 is 11.9 Å². The third-order valence-corrected chi connectivity index (χ3v) is 6.11. The third kappa shape index (κ3) is 25.6. The van der Waals surface area contributed by atoms with E-state index >= 15 is 0 Å². The van der Waals surface area contributed by atoms with Gasteiger partial charge in [-0.25, -0.2) is 0 Å². The van der Waals surface area contributed by atoms with E-state index < -0.39 is 0 Å². The van der Waals surface area contributed by atoms with Gasteiger partial charge in [-0.05, 0) is 52.6 Å². The van der Waals surface area contributed by atoms with Crippen LogP contribution >= 0.6 is 0 Å². The van der Waals surface area contributed by atoms with Crippen molar-refractivity contribution in [3.63, 3.8) is 0 Å². The maximum absolute atomic E-state index is 11.7. The first-order valence-corrected chi connectivity index (χ1v) is 14.0. The number of aliphatic hydroxyl groups excluding tert-OH is 2. The smallest absolute Gasteiger partial charge is 0.305 e. The average Bonchev–Trinajstić information content (AvgIpc) is 2.84. The van der Waals surface area contributed by atoms with Crippen LogP contribution in [0.1, 0.15) is 89.9 Å². The first kappa shape index (κ1) is 34.5. The Bertz CT molecular complexity index is 498. The molecule has 0 aliphatic rings. The molecule has 0 spiro atoms. The van der Waals surface area contributed by atoms with Crippen LogP contribution in [0.5, 0.6) is 0 Å². The quantitative estimate of drug-likeness (QED) is 0.102. The fraction of sp³-hybridized carbons (Fsp3) is 0.857. The lowest BCUT2D eigenvalue weighted by Gasteiger charge is -2.14. The van der Waals surface area contributed by atoms with E-state index in [4.69, 9.17) is 19.7 Å². The Morgan fingerprint density at radius 3 is 1.33 bits per heavy atom. The van der Waals surface area contributed by atoms with E-state index in [9.17, 15) is 9.59 Å². The number of likely N-dealkylation sites (N-methyl/N-ethyl adjacent to an activating group) is 2. The van der Waals surface area contributed by atoms with Gasteiger partial charge in [-0.2, -0.15) is 0 Å². The molecule has 0 aliphatic carbocycles. The van der Waals surface area contributed by atoms with Crippen molar-refractivity contribution in [2.24, 2.45) is 0 Å². The molecule has 212 valence electrons. The van der Waals surface area contributed by atoms with E-state index in [1.54, 1.807) is 0 Å². The Balaban J connectivity index is 3.34. The minimum Gasteiger partial charge on any atom is -0.464 e. The molecule has 0 heterocycles. The Morgan fingerprint density at radius 1 is 0.583 bits per heavy atom. The molecule has 0 bridgehead atoms. The number of hydrogen-bond donors (Lipinski definition) is 2. The second-order valence-electron chi connectivity index (χ2n) is 9.58.